The van der Waals surface area contributed by atoms with Crippen LogP contribution in [0.1, 0.15) is 40.5 Å². The van der Waals surface area contributed by atoms with E-state index in [2.05, 4.69) is 26.8 Å². The molecule has 0 saturated heterocycles. The SMILES string of the molecule is CC(=O)C=CCC1CC=C(C)C1(C)C. The molecule has 0 aliphatic heterocycles. The van der Waals surface area contributed by atoms with E-state index in [9.17, 15) is 4.79 Å². The lowest BCUT2D eigenvalue weighted by atomic mass is 9.76. The third-order valence-corrected chi connectivity index (χ3v) is 3.52. The van der Waals surface area contributed by atoms with E-state index in [4.69, 9.17) is 0 Å². The van der Waals surface area contributed by atoms with Crippen LogP contribution < -0.4 is 0 Å². The maximum Gasteiger partial charge on any atom is 0.152 e. The summed E-state index contributed by atoms with van der Waals surface area (Å²) in [6.07, 6.45) is 8.19. The lowest BCUT2D eigenvalue weighted by Gasteiger charge is -2.28. The van der Waals surface area contributed by atoms with E-state index < -0.39 is 0 Å². The third kappa shape index (κ3) is 2.34. The van der Waals surface area contributed by atoms with Crippen LogP contribution in [0.2, 0.25) is 0 Å². The summed E-state index contributed by atoms with van der Waals surface area (Å²) in [5.74, 6) is 0.809. The second kappa shape index (κ2) is 4.12. The minimum Gasteiger partial charge on any atom is -0.295 e. The summed E-state index contributed by atoms with van der Waals surface area (Å²) in [5, 5.41) is 0. The molecule has 0 spiro atoms. The molecule has 0 bridgehead atoms. The summed E-state index contributed by atoms with van der Waals surface area (Å²) in [6, 6.07) is 0. The fourth-order valence-electron chi connectivity index (χ4n) is 1.99. The monoisotopic (exact) mass is 192 g/mol. The number of ketones is 1. The Morgan fingerprint density at radius 2 is 2.29 bits per heavy atom. The van der Waals surface area contributed by atoms with Gasteiger partial charge < -0.3 is 0 Å². The Kier molecular flexibility index (Phi) is 3.30. The first-order valence-corrected chi connectivity index (χ1v) is 5.29. The van der Waals surface area contributed by atoms with Gasteiger partial charge in [-0.25, -0.2) is 0 Å². The first-order chi connectivity index (χ1) is 6.44. The molecule has 0 N–H and O–H groups in total. The summed E-state index contributed by atoms with van der Waals surface area (Å²) < 4.78 is 0. The molecule has 0 fully saturated rings. The summed E-state index contributed by atoms with van der Waals surface area (Å²) in [6.45, 7) is 8.38. The van der Waals surface area contributed by atoms with E-state index in [1.54, 1.807) is 13.0 Å². The van der Waals surface area contributed by atoms with Gasteiger partial charge in [-0.3, -0.25) is 4.79 Å². The van der Waals surface area contributed by atoms with Crippen LogP contribution in [0.3, 0.4) is 0 Å². The molecule has 0 amide bonds. The Balaban J connectivity index is 2.53. The van der Waals surface area contributed by atoms with Crippen molar-refractivity contribution >= 4 is 5.78 Å². The molecule has 1 nitrogen and oxygen atoms in total. The number of hydrogen-bond donors (Lipinski definition) is 0. The fraction of sp³-hybridized carbons (Fsp3) is 0.615. The van der Waals surface area contributed by atoms with Gasteiger partial charge in [0.2, 0.25) is 0 Å². The molecule has 1 rings (SSSR count). The Bertz CT molecular complexity index is 282. The summed E-state index contributed by atoms with van der Waals surface area (Å²) in [7, 11) is 0. The Morgan fingerprint density at radius 1 is 1.64 bits per heavy atom. The quantitative estimate of drug-likeness (QED) is 0.494. The summed E-state index contributed by atoms with van der Waals surface area (Å²) >= 11 is 0. The van der Waals surface area contributed by atoms with Crippen molar-refractivity contribution in [2.24, 2.45) is 11.3 Å². The van der Waals surface area contributed by atoms with Crippen molar-refractivity contribution in [1.29, 1.82) is 0 Å². The average molecular weight is 192 g/mol. The van der Waals surface area contributed by atoms with Gasteiger partial charge in [0.05, 0.1) is 0 Å². The molecule has 0 heterocycles. The van der Waals surface area contributed by atoms with Gasteiger partial charge >= 0.3 is 0 Å². The lowest BCUT2D eigenvalue weighted by molar-refractivity contribution is -0.112. The largest absolute Gasteiger partial charge is 0.295 e. The molecule has 1 atom stereocenters. The van der Waals surface area contributed by atoms with Crippen LogP contribution in [0.25, 0.3) is 0 Å². The van der Waals surface area contributed by atoms with Crippen molar-refractivity contribution < 1.29 is 4.79 Å². The van der Waals surface area contributed by atoms with Gasteiger partial charge in [0.25, 0.3) is 0 Å². The molecule has 1 aliphatic rings. The predicted molar refractivity (Wildman–Crippen MR) is 60.1 cm³/mol. The van der Waals surface area contributed by atoms with E-state index in [1.165, 1.54) is 5.57 Å². The zero-order valence-corrected chi connectivity index (χ0v) is 9.63. The number of carbonyl (C=O) groups is 1. The minimum absolute atomic E-state index is 0.144. The van der Waals surface area contributed by atoms with E-state index in [1.807, 2.05) is 6.08 Å². The van der Waals surface area contributed by atoms with Gasteiger partial charge in [0.15, 0.2) is 5.78 Å². The maximum atomic E-state index is 10.7. The number of allylic oxidation sites excluding steroid dienone is 4. The molecule has 78 valence electrons. The fourth-order valence-corrected chi connectivity index (χ4v) is 1.99. The van der Waals surface area contributed by atoms with Gasteiger partial charge in [-0.2, -0.15) is 0 Å². The third-order valence-electron chi connectivity index (χ3n) is 3.52. The molecule has 1 heteroatoms. The van der Waals surface area contributed by atoms with Crippen LogP contribution in [0.15, 0.2) is 23.8 Å². The van der Waals surface area contributed by atoms with E-state index in [-0.39, 0.29) is 5.78 Å². The van der Waals surface area contributed by atoms with Crippen molar-refractivity contribution in [3.63, 3.8) is 0 Å². The van der Waals surface area contributed by atoms with Gasteiger partial charge in [-0.05, 0) is 44.1 Å². The Hall–Kier alpha value is -0.850. The summed E-state index contributed by atoms with van der Waals surface area (Å²) in [4.78, 5) is 10.7. The van der Waals surface area contributed by atoms with Crippen molar-refractivity contribution in [2.75, 3.05) is 0 Å². The molecule has 0 aromatic carbocycles. The van der Waals surface area contributed by atoms with Crippen molar-refractivity contribution in [1.82, 2.24) is 0 Å². The van der Waals surface area contributed by atoms with Crippen LogP contribution in [-0.4, -0.2) is 5.78 Å². The lowest BCUT2D eigenvalue weighted by Crippen LogP contribution is -2.19. The highest BCUT2D eigenvalue weighted by Crippen LogP contribution is 2.44. The van der Waals surface area contributed by atoms with E-state index >= 15 is 0 Å². The normalized spacial score (nSPS) is 25.4. The molecule has 14 heavy (non-hydrogen) atoms. The number of hydrogen-bond acceptors (Lipinski definition) is 1. The predicted octanol–water partition coefficient (Wildman–Crippen LogP) is 3.51. The standard InChI is InChI=1S/C13H20O/c1-10-8-9-12(13(10,3)4)7-5-6-11(2)14/h5-6,8,12H,7,9H2,1-4H3. The Labute approximate surface area is 86.9 Å². The minimum atomic E-state index is 0.144. The topological polar surface area (TPSA) is 17.1 Å². The molecule has 0 aromatic rings. The van der Waals surface area contributed by atoms with Crippen molar-refractivity contribution in [2.45, 2.75) is 40.5 Å². The highest BCUT2D eigenvalue weighted by Gasteiger charge is 2.33. The van der Waals surface area contributed by atoms with Gasteiger partial charge in [0.1, 0.15) is 0 Å². The highest BCUT2D eigenvalue weighted by atomic mass is 16.1. The number of carbonyl (C=O) groups excluding carboxylic acids is 1. The highest BCUT2D eigenvalue weighted by molar-refractivity contribution is 5.87. The second-order valence-electron chi connectivity index (χ2n) is 4.79. The van der Waals surface area contributed by atoms with Gasteiger partial charge in [-0.1, -0.05) is 31.6 Å². The maximum absolute atomic E-state index is 10.7. The zero-order valence-electron chi connectivity index (χ0n) is 9.63. The molecule has 0 radical (unpaired) electrons. The van der Waals surface area contributed by atoms with E-state index in [0.29, 0.717) is 11.3 Å². The average Bonchev–Trinajstić information content (AvgIpc) is 2.30. The van der Waals surface area contributed by atoms with E-state index in [0.717, 1.165) is 12.8 Å². The van der Waals surface area contributed by atoms with Crippen LogP contribution in [0.5, 0.6) is 0 Å². The molecular formula is C13H20O. The smallest absolute Gasteiger partial charge is 0.152 e. The first kappa shape index (κ1) is 11.2. The zero-order chi connectivity index (χ0) is 10.8. The molecule has 0 saturated carbocycles. The van der Waals surface area contributed by atoms with Crippen LogP contribution in [-0.2, 0) is 4.79 Å². The first-order valence-electron chi connectivity index (χ1n) is 5.29. The van der Waals surface area contributed by atoms with Crippen molar-refractivity contribution in [3.8, 4) is 0 Å². The molecule has 1 aliphatic carbocycles. The molecule has 1 unspecified atom stereocenters. The Morgan fingerprint density at radius 3 is 2.71 bits per heavy atom. The van der Waals surface area contributed by atoms with Gasteiger partial charge in [0, 0.05) is 0 Å². The number of rotatable bonds is 3. The second-order valence-corrected chi connectivity index (χ2v) is 4.79. The summed E-state index contributed by atoms with van der Waals surface area (Å²) in [5.41, 5.74) is 1.79. The van der Waals surface area contributed by atoms with Gasteiger partial charge in [-0.15, -0.1) is 0 Å². The van der Waals surface area contributed by atoms with Crippen LogP contribution >= 0.6 is 0 Å². The van der Waals surface area contributed by atoms with Crippen LogP contribution in [0, 0.1) is 11.3 Å². The van der Waals surface area contributed by atoms with Crippen molar-refractivity contribution in [3.05, 3.63) is 23.8 Å². The molecule has 0 aromatic heterocycles. The van der Waals surface area contributed by atoms with Crippen LogP contribution in [0.4, 0.5) is 0 Å². The molecular weight excluding hydrogens is 172 g/mol.